The topological polar surface area (TPSA) is 126 Å². The Kier molecular flexibility index (Phi) is 8.86. The van der Waals surface area contributed by atoms with Crippen LogP contribution in [0.1, 0.15) is 38.5 Å². The molecule has 0 fully saturated rings. The minimum Gasteiger partial charge on any atom is -0.467 e. The van der Waals surface area contributed by atoms with Crippen LogP contribution in [0.5, 0.6) is 0 Å². The third kappa shape index (κ3) is 6.70. The molecule has 34 heavy (non-hydrogen) atoms. The Hall–Kier alpha value is -3.60. The van der Waals surface area contributed by atoms with Crippen molar-refractivity contribution in [2.75, 3.05) is 19.7 Å². The first kappa shape index (κ1) is 25.0. The monoisotopic (exact) mass is 472 g/mol. The lowest BCUT2D eigenvalue weighted by atomic mass is 10.1. The fraction of sp³-hybridized carbons (Fsp3) is 0.435. The smallest absolute Gasteiger partial charge is 0.250 e. The Labute approximate surface area is 196 Å². The van der Waals surface area contributed by atoms with Gasteiger partial charge in [-0.3, -0.25) is 9.59 Å². The van der Waals surface area contributed by atoms with Crippen LogP contribution in [0.3, 0.4) is 0 Å². The predicted molar refractivity (Wildman–Crippen MR) is 121 cm³/mol. The fourth-order valence-electron chi connectivity index (χ4n) is 3.33. The standard InChI is InChI=1S/C23H29FN6O4/c1-16(2)10-11-25-23(33)21(19-5-3-14-34-19)29(12-4-13-31)20(32)15-30-27-22(26-28-30)17-6-8-18(24)9-7-17/h3,5-9,14,16,21,31H,4,10-13,15H2,1-2H3,(H,25,33)/t21-/m0/s1. The highest BCUT2D eigenvalue weighted by Crippen LogP contribution is 2.23. The number of nitrogens with zero attached hydrogens (tertiary/aromatic N) is 5. The number of aromatic nitrogens is 4. The van der Waals surface area contributed by atoms with E-state index < -0.39 is 11.9 Å². The summed E-state index contributed by atoms with van der Waals surface area (Å²) in [6.45, 7) is 4.26. The van der Waals surface area contributed by atoms with Crippen molar-refractivity contribution in [2.24, 2.45) is 5.92 Å². The average molecular weight is 473 g/mol. The van der Waals surface area contributed by atoms with Gasteiger partial charge in [-0.25, -0.2) is 4.39 Å². The highest BCUT2D eigenvalue weighted by molar-refractivity contribution is 5.88. The second-order valence-corrected chi connectivity index (χ2v) is 8.21. The van der Waals surface area contributed by atoms with Gasteiger partial charge >= 0.3 is 0 Å². The van der Waals surface area contributed by atoms with Gasteiger partial charge < -0.3 is 19.7 Å². The summed E-state index contributed by atoms with van der Waals surface area (Å²) in [6, 6.07) is 7.86. The molecule has 0 aliphatic carbocycles. The first-order valence-electron chi connectivity index (χ1n) is 11.1. The summed E-state index contributed by atoms with van der Waals surface area (Å²) in [5.41, 5.74) is 0.551. The maximum atomic E-state index is 13.3. The zero-order chi connectivity index (χ0) is 24.5. The zero-order valence-electron chi connectivity index (χ0n) is 19.2. The number of amides is 2. The van der Waals surface area contributed by atoms with Crippen LogP contribution in [-0.2, 0) is 16.1 Å². The first-order chi connectivity index (χ1) is 16.4. The molecule has 1 aromatic carbocycles. The Morgan fingerprint density at radius 1 is 1.24 bits per heavy atom. The minimum absolute atomic E-state index is 0.123. The van der Waals surface area contributed by atoms with Crippen LogP contribution in [0.2, 0.25) is 0 Å². The van der Waals surface area contributed by atoms with Gasteiger partial charge in [-0.1, -0.05) is 13.8 Å². The summed E-state index contributed by atoms with van der Waals surface area (Å²) in [6.07, 6.45) is 2.50. The Balaban J connectivity index is 1.79. The molecule has 2 amide bonds. The van der Waals surface area contributed by atoms with Crippen LogP contribution in [0.25, 0.3) is 11.4 Å². The van der Waals surface area contributed by atoms with Gasteiger partial charge in [-0.2, -0.15) is 4.80 Å². The Morgan fingerprint density at radius 2 is 2.00 bits per heavy atom. The van der Waals surface area contributed by atoms with Crippen molar-refractivity contribution < 1.29 is 23.5 Å². The number of carbonyl (C=O) groups excluding carboxylic acids is 2. The predicted octanol–water partition coefficient (Wildman–Crippen LogP) is 2.19. The van der Waals surface area contributed by atoms with Crippen molar-refractivity contribution in [3.8, 4) is 11.4 Å². The molecule has 0 saturated heterocycles. The molecule has 3 aromatic rings. The van der Waals surface area contributed by atoms with E-state index in [-0.39, 0.29) is 43.7 Å². The van der Waals surface area contributed by atoms with Crippen molar-refractivity contribution in [1.29, 1.82) is 0 Å². The van der Waals surface area contributed by atoms with Crippen LogP contribution in [0, 0.1) is 11.7 Å². The van der Waals surface area contributed by atoms with E-state index >= 15 is 0 Å². The molecular formula is C23H29FN6O4. The van der Waals surface area contributed by atoms with E-state index in [0.717, 1.165) is 11.2 Å². The van der Waals surface area contributed by atoms with Gasteiger partial charge in [0.1, 0.15) is 18.1 Å². The summed E-state index contributed by atoms with van der Waals surface area (Å²) in [5.74, 6) is -0.252. The molecule has 0 bridgehead atoms. The lowest BCUT2D eigenvalue weighted by Crippen LogP contribution is -2.45. The highest BCUT2D eigenvalue weighted by Gasteiger charge is 2.33. The summed E-state index contributed by atoms with van der Waals surface area (Å²) >= 11 is 0. The number of aliphatic hydroxyl groups excluding tert-OH is 1. The Bertz CT molecular complexity index is 1050. The second-order valence-electron chi connectivity index (χ2n) is 8.21. The number of hydrogen-bond acceptors (Lipinski definition) is 7. The van der Waals surface area contributed by atoms with E-state index in [1.165, 1.54) is 35.4 Å². The van der Waals surface area contributed by atoms with E-state index in [1.54, 1.807) is 12.1 Å². The van der Waals surface area contributed by atoms with Crippen molar-refractivity contribution >= 4 is 11.8 Å². The van der Waals surface area contributed by atoms with Crippen molar-refractivity contribution in [2.45, 2.75) is 39.3 Å². The van der Waals surface area contributed by atoms with Crippen LogP contribution in [0.4, 0.5) is 4.39 Å². The van der Waals surface area contributed by atoms with Crippen molar-refractivity contribution in [3.05, 3.63) is 54.2 Å². The summed E-state index contributed by atoms with van der Waals surface area (Å²) in [5, 5.41) is 24.3. The van der Waals surface area contributed by atoms with Gasteiger partial charge in [-0.05, 0) is 60.4 Å². The third-order valence-corrected chi connectivity index (χ3v) is 5.10. The van der Waals surface area contributed by atoms with Crippen LogP contribution < -0.4 is 5.32 Å². The van der Waals surface area contributed by atoms with Crippen molar-refractivity contribution in [3.63, 3.8) is 0 Å². The molecular weight excluding hydrogens is 443 g/mol. The molecule has 1 atom stereocenters. The van der Waals surface area contributed by atoms with Crippen LogP contribution in [0.15, 0.2) is 47.1 Å². The zero-order valence-corrected chi connectivity index (χ0v) is 19.2. The van der Waals surface area contributed by atoms with Gasteiger partial charge in [0, 0.05) is 25.3 Å². The van der Waals surface area contributed by atoms with E-state index in [4.69, 9.17) is 4.42 Å². The number of halogens is 1. The summed E-state index contributed by atoms with van der Waals surface area (Å²) in [7, 11) is 0. The van der Waals surface area contributed by atoms with Crippen LogP contribution >= 0.6 is 0 Å². The molecule has 0 saturated carbocycles. The van der Waals surface area contributed by atoms with Gasteiger partial charge in [-0.15, -0.1) is 10.2 Å². The second kappa shape index (κ2) is 12.0. The first-order valence-corrected chi connectivity index (χ1v) is 11.1. The third-order valence-electron chi connectivity index (χ3n) is 5.10. The van der Waals surface area contributed by atoms with Gasteiger partial charge in [0.05, 0.1) is 6.26 Å². The SMILES string of the molecule is CC(C)CCNC(=O)[C@H](c1ccco1)N(CCCO)C(=O)Cn1nnc(-c2ccc(F)cc2)n1. The van der Waals surface area contributed by atoms with Crippen molar-refractivity contribution in [1.82, 2.24) is 30.4 Å². The van der Waals surface area contributed by atoms with Gasteiger partial charge in [0.15, 0.2) is 6.04 Å². The molecule has 2 heterocycles. The van der Waals surface area contributed by atoms with E-state index in [1.807, 2.05) is 0 Å². The largest absolute Gasteiger partial charge is 0.467 e. The van der Waals surface area contributed by atoms with E-state index in [2.05, 4.69) is 34.6 Å². The molecule has 182 valence electrons. The maximum absolute atomic E-state index is 13.3. The minimum atomic E-state index is -1.01. The lowest BCUT2D eigenvalue weighted by Gasteiger charge is -2.29. The summed E-state index contributed by atoms with van der Waals surface area (Å²) < 4.78 is 18.7. The molecule has 0 aliphatic heterocycles. The number of rotatable bonds is 12. The molecule has 0 spiro atoms. The molecule has 10 nitrogen and oxygen atoms in total. The molecule has 2 aromatic heterocycles. The van der Waals surface area contributed by atoms with E-state index in [9.17, 15) is 19.1 Å². The fourth-order valence-corrected chi connectivity index (χ4v) is 3.33. The maximum Gasteiger partial charge on any atom is 0.250 e. The van der Waals surface area contributed by atoms with E-state index in [0.29, 0.717) is 23.8 Å². The number of carbonyl (C=O) groups is 2. The number of furan rings is 1. The summed E-state index contributed by atoms with van der Waals surface area (Å²) in [4.78, 5) is 28.8. The molecule has 0 unspecified atom stereocenters. The Morgan fingerprint density at radius 3 is 2.65 bits per heavy atom. The molecule has 11 heteroatoms. The average Bonchev–Trinajstić information content (AvgIpc) is 3.49. The molecule has 3 rings (SSSR count). The highest BCUT2D eigenvalue weighted by atomic mass is 19.1. The lowest BCUT2D eigenvalue weighted by molar-refractivity contribution is -0.142. The molecule has 0 radical (unpaired) electrons. The van der Waals surface area contributed by atoms with Gasteiger partial charge in [0.25, 0.3) is 5.91 Å². The number of benzene rings is 1. The van der Waals surface area contributed by atoms with Gasteiger partial charge in [0.2, 0.25) is 11.7 Å². The number of nitrogens with one attached hydrogen (secondary N) is 1. The number of hydrogen-bond donors (Lipinski definition) is 2. The normalized spacial score (nSPS) is 12.0. The van der Waals surface area contributed by atoms with Crippen LogP contribution in [-0.4, -0.2) is 61.7 Å². The quantitative estimate of drug-likeness (QED) is 0.414. The molecule has 2 N–H and O–H groups in total. The number of tetrazole rings is 1. The molecule has 0 aliphatic rings. The number of aliphatic hydroxyl groups is 1.